The summed E-state index contributed by atoms with van der Waals surface area (Å²) in [6.45, 7) is 9.03. The normalized spacial score (nSPS) is 13.9. The third-order valence-electron chi connectivity index (χ3n) is 5.04. The van der Waals surface area contributed by atoms with Crippen molar-refractivity contribution in [3.63, 3.8) is 0 Å². The van der Waals surface area contributed by atoms with Crippen LogP contribution in [0.15, 0.2) is 60.7 Å². The average Bonchev–Trinajstić information content (AvgIpc) is 2.54. The van der Waals surface area contributed by atoms with Crippen LogP contribution >= 0.6 is 0 Å². The number of hydrogen-bond donors (Lipinski definition) is 0. The van der Waals surface area contributed by atoms with E-state index in [2.05, 4.69) is 88.4 Å². The Hall–Kier alpha value is -2.08. The molecule has 0 radical (unpaired) electrons. The van der Waals surface area contributed by atoms with Crippen LogP contribution in [0.1, 0.15) is 48.9 Å². The van der Waals surface area contributed by atoms with Gasteiger partial charge in [-0.2, -0.15) is 0 Å². The van der Waals surface area contributed by atoms with Crippen LogP contribution in [-0.2, 0) is 5.41 Å². The van der Waals surface area contributed by atoms with Crippen molar-refractivity contribution in [1.82, 2.24) is 0 Å². The molecule has 0 bridgehead atoms. The van der Waals surface area contributed by atoms with Crippen molar-refractivity contribution in [3.05, 3.63) is 82.9 Å². The van der Waals surface area contributed by atoms with Crippen LogP contribution in [0.2, 0.25) is 0 Å². The summed E-state index contributed by atoms with van der Waals surface area (Å²) in [6, 6.07) is 22.6. The number of rotatable bonds is 4. The van der Waals surface area contributed by atoms with Crippen molar-refractivity contribution in [2.24, 2.45) is 0 Å². The van der Waals surface area contributed by atoms with Gasteiger partial charge < -0.3 is 0 Å². The molecule has 0 spiro atoms. The molecule has 1 atom stereocenters. The Kier molecular flexibility index (Phi) is 4.26. The predicted molar refractivity (Wildman–Crippen MR) is 101 cm³/mol. The van der Waals surface area contributed by atoms with E-state index in [1.165, 1.54) is 39.4 Å². The Morgan fingerprint density at radius 1 is 0.826 bits per heavy atom. The molecule has 3 aromatic rings. The minimum Gasteiger partial charge on any atom is -0.0653 e. The van der Waals surface area contributed by atoms with E-state index in [0.717, 1.165) is 6.42 Å². The van der Waals surface area contributed by atoms with Gasteiger partial charge in [-0.1, -0.05) is 92.1 Å². The van der Waals surface area contributed by atoms with E-state index in [0.29, 0.717) is 0 Å². The summed E-state index contributed by atoms with van der Waals surface area (Å²) in [7, 11) is 0. The van der Waals surface area contributed by atoms with E-state index in [-0.39, 0.29) is 5.41 Å². The lowest BCUT2D eigenvalue weighted by atomic mass is 9.71. The summed E-state index contributed by atoms with van der Waals surface area (Å²) in [5.41, 5.74) is 5.58. The highest BCUT2D eigenvalue weighted by Crippen LogP contribution is 2.40. The van der Waals surface area contributed by atoms with Crippen LogP contribution in [0.3, 0.4) is 0 Å². The second kappa shape index (κ2) is 6.20. The van der Waals surface area contributed by atoms with Crippen LogP contribution in [0.25, 0.3) is 10.8 Å². The van der Waals surface area contributed by atoms with Gasteiger partial charge in [-0.05, 0) is 42.2 Å². The van der Waals surface area contributed by atoms with Gasteiger partial charge in [0.05, 0.1) is 0 Å². The maximum Gasteiger partial charge on any atom is 0.0180 e. The van der Waals surface area contributed by atoms with Crippen molar-refractivity contribution in [2.45, 2.75) is 46.0 Å². The average molecular weight is 302 g/mol. The van der Waals surface area contributed by atoms with Gasteiger partial charge in [0.2, 0.25) is 0 Å². The van der Waals surface area contributed by atoms with E-state index >= 15 is 0 Å². The first-order valence-electron chi connectivity index (χ1n) is 8.61. The molecule has 0 amide bonds. The molecule has 0 heterocycles. The zero-order valence-electron chi connectivity index (χ0n) is 14.7. The lowest BCUT2D eigenvalue weighted by Crippen LogP contribution is -2.24. The third-order valence-corrected chi connectivity index (χ3v) is 5.04. The zero-order valence-corrected chi connectivity index (χ0v) is 14.7. The number of aryl methyl sites for hydroxylation is 2. The summed E-state index contributed by atoms with van der Waals surface area (Å²) in [6.07, 6.45) is 2.33. The van der Waals surface area contributed by atoms with Crippen molar-refractivity contribution >= 4 is 10.8 Å². The molecule has 0 saturated heterocycles. The summed E-state index contributed by atoms with van der Waals surface area (Å²) < 4.78 is 0. The fraction of sp³-hybridized carbons (Fsp3) is 0.304. The third kappa shape index (κ3) is 2.91. The van der Waals surface area contributed by atoms with Crippen LogP contribution in [0.4, 0.5) is 0 Å². The largest absolute Gasteiger partial charge is 0.0653 e. The highest BCUT2D eigenvalue weighted by Gasteiger charge is 2.29. The Morgan fingerprint density at radius 3 is 2.30 bits per heavy atom. The minimum absolute atomic E-state index is 0.0511. The van der Waals surface area contributed by atoms with E-state index in [1.54, 1.807) is 0 Å². The molecule has 0 aliphatic heterocycles. The monoisotopic (exact) mass is 302 g/mol. The fourth-order valence-corrected chi connectivity index (χ4v) is 3.81. The molecule has 0 aliphatic rings. The van der Waals surface area contributed by atoms with Gasteiger partial charge in [0, 0.05) is 5.41 Å². The highest BCUT2D eigenvalue weighted by molar-refractivity contribution is 5.87. The van der Waals surface area contributed by atoms with E-state index in [1.807, 2.05) is 0 Å². The summed E-state index contributed by atoms with van der Waals surface area (Å²) in [4.78, 5) is 0. The quantitative estimate of drug-likeness (QED) is 0.511. The summed E-state index contributed by atoms with van der Waals surface area (Å²) in [5.74, 6) is 0. The maximum atomic E-state index is 2.40. The molecular weight excluding hydrogens is 276 g/mol. The molecule has 118 valence electrons. The number of hydrogen-bond acceptors (Lipinski definition) is 0. The molecule has 0 N–H and O–H groups in total. The molecule has 1 unspecified atom stereocenters. The van der Waals surface area contributed by atoms with Gasteiger partial charge in [0.15, 0.2) is 0 Å². The van der Waals surface area contributed by atoms with E-state index < -0.39 is 0 Å². The SMILES string of the molecule is CCCC(C)(c1cccc(C)c1)c1cccc2cc(C)ccc12. The predicted octanol–water partition coefficient (Wildman–Crippen LogP) is 6.56. The van der Waals surface area contributed by atoms with E-state index in [9.17, 15) is 0 Å². The zero-order chi connectivity index (χ0) is 16.4. The Bertz CT molecular complexity index is 828. The second-order valence-corrected chi connectivity index (χ2v) is 6.98. The van der Waals surface area contributed by atoms with Gasteiger partial charge in [0.25, 0.3) is 0 Å². The van der Waals surface area contributed by atoms with Crippen molar-refractivity contribution < 1.29 is 0 Å². The topological polar surface area (TPSA) is 0 Å². The minimum atomic E-state index is 0.0511. The maximum absolute atomic E-state index is 2.40. The molecule has 0 aliphatic carbocycles. The molecule has 0 aromatic heterocycles. The Labute approximate surface area is 140 Å². The molecule has 3 rings (SSSR count). The van der Waals surface area contributed by atoms with Crippen LogP contribution < -0.4 is 0 Å². The summed E-state index contributed by atoms with van der Waals surface area (Å²) in [5, 5.41) is 2.73. The van der Waals surface area contributed by atoms with Crippen molar-refractivity contribution in [1.29, 1.82) is 0 Å². The molecule has 0 fully saturated rings. The smallest absolute Gasteiger partial charge is 0.0180 e. The van der Waals surface area contributed by atoms with Crippen LogP contribution in [0, 0.1) is 13.8 Å². The molecule has 0 saturated carbocycles. The Balaban J connectivity index is 2.26. The van der Waals surface area contributed by atoms with Crippen molar-refractivity contribution in [2.75, 3.05) is 0 Å². The molecule has 0 nitrogen and oxygen atoms in total. The van der Waals surface area contributed by atoms with Crippen LogP contribution in [-0.4, -0.2) is 0 Å². The standard InChI is InChI=1S/C23H26/c1-5-14-23(4,20-10-6-8-17(2)16-20)22-11-7-9-19-15-18(3)12-13-21(19)22/h6-13,15-16H,5,14H2,1-4H3. The number of benzene rings is 3. The fourth-order valence-electron chi connectivity index (χ4n) is 3.81. The van der Waals surface area contributed by atoms with Gasteiger partial charge >= 0.3 is 0 Å². The summed E-state index contributed by atoms with van der Waals surface area (Å²) >= 11 is 0. The second-order valence-electron chi connectivity index (χ2n) is 6.98. The lowest BCUT2D eigenvalue weighted by molar-refractivity contribution is 0.515. The molecular formula is C23H26. The van der Waals surface area contributed by atoms with E-state index in [4.69, 9.17) is 0 Å². The lowest BCUT2D eigenvalue weighted by Gasteiger charge is -2.32. The highest BCUT2D eigenvalue weighted by atomic mass is 14.3. The van der Waals surface area contributed by atoms with Gasteiger partial charge in [-0.3, -0.25) is 0 Å². The van der Waals surface area contributed by atoms with Crippen LogP contribution in [0.5, 0.6) is 0 Å². The molecule has 0 heteroatoms. The first-order valence-corrected chi connectivity index (χ1v) is 8.61. The number of fused-ring (bicyclic) bond motifs is 1. The first kappa shape index (κ1) is 15.8. The molecule has 3 aromatic carbocycles. The van der Waals surface area contributed by atoms with Gasteiger partial charge in [0.1, 0.15) is 0 Å². The first-order chi connectivity index (χ1) is 11.0. The van der Waals surface area contributed by atoms with Gasteiger partial charge in [-0.15, -0.1) is 0 Å². The Morgan fingerprint density at radius 2 is 1.57 bits per heavy atom. The molecule has 23 heavy (non-hydrogen) atoms. The van der Waals surface area contributed by atoms with Crippen molar-refractivity contribution in [3.8, 4) is 0 Å². The van der Waals surface area contributed by atoms with Gasteiger partial charge in [-0.25, -0.2) is 0 Å².